The van der Waals surface area contributed by atoms with Gasteiger partial charge in [0.2, 0.25) is 0 Å². The molecular weight excluding hydrogens is 353 g/mol. The highest BCUT2D eigenvalue weighted by atomic mass is 16.7. The third kappa shape index (κ3) is 3.09. The predicted molar refractivity (Wildman–Crippen MR) is 109 cm³/mol. The Morgan fingerprint density at radius 2 is 1.39 bits per heavy atom. The molecule has 0 bridgehead atoms. The van der Waals surface area contributed by atoms with Crippen LogP contribution >= 0.6 is 0 Å². The molecule has 0 spiro atoms. The number of carbonyl (C=O) groups excluding carboxylic acids is 2. The standard InChI is InChI=1S/C22H22BNO4/c1-21(2)22(3,4)28-23(27-21)15-11-9-14(10-12-15)13-18-16-7-5-6-8-17(16)19(25)24-20(18)26/h5-13H,1-4H3,(H,24,25,26). The molecule has 0 aliphatic carbocycles. The van der Waals surface area contributed by atoms with Gasteiger partial charge in [0.1, 0.15) is 0 Å². The maximum absolute atomic E-state index is 12.4. The molecule has 4 rings (SSSR count). The molecule has 1 N–H and O–H groups in total. The van der Waals surface area contributed by atoms with Crippen LogP contribution in [0.2, 0.25) is 0 Å². The van der Waals surface area contributed by atoms with Crippen LogP contribution in [-0.2, 0) is 14.1 Å². The van der Waals surface area contributed by atoms with Crippen LogP contribution in [0.3, 0.4) is 0 Å². The van der Waals surface area contributed by atoms with Crippen LogP contribution in [0.5, 0.6) is 0 Å². The van der Waals surface area contributed by atoms with E-state index in [-0.39, 0.29) is 5.91 Å². The number of imide groups is 1. The Morgan fingerprint density at radius 1 is 0.821 bits per heavy atom. The summed E-state index contributed by atoms with van der Waals surface area (Å²) in [7, 11) is -0.428. The van der Waals surface area contributed by atoms with E-state index in [0.717, 1.165) is 11.0 Å². The average Bonchev–Trinajstić information content (AvgIpc) is 2.87. The minimum Gasteiger partial charge on any atom is -0.399 e. The Hall–Kier alpha value is -2.70. The fraction of sp³-hybridized carbons (Fsp3) is 0.273. The summed E-state index contributed by atoms with van der Waals surface area (Å²) in [5.74, 6) is -0.757. The summed E-state index contributed by atoms with van der Waals surface area (Å²) in [6.07, 6.45) is 1.79. The third-order valence-corrected chi connectivity index (χ3v) is 5.71. The summed E-state index contributed by atoms with van der Waals surface area (Å²) in [6.45, 7) is 8.08. The first-order chi connectivity index (χ1) is 13.2. The van der Waals surface area contributed by atoms with Crippen molar-refractivity contribution in [3.05, 3.63) is 65.2 Å². The summed E-state index contributed by atoms with van der Waals surface area (Å²) < 4.78 is 12.2. The molecule has 6 heteroatoms. The highest BCUT2D eigenvalue weighted by molar-refractivity contribution is 6.62. The lowest BCUT2D eigenvalue weighted by atomic mass is 9.79. The van der Waals surface area contributed by atoms with E-state index in [1.807, 2.05) is 58.0 Å². The number of nitrogens with one attached hydrogen (secondary N) is 1. The Bertz CT molecular complexity index is 976. The maximum Gasteiger partial charge on any atom is 0.494 e. The number of benzene rings is 2. The molecule has 2 amide bonds. The minimum absolute atomic E-state index is 0.367. The van der Waals surface area contributed by atoms with Gasteiger partial charge in [-0.3, -0.25) is 14.9 Å². The van der Waals surface area contributed by atoms with E-state index >= 15 is 0 Å². The van der Waals surface area contributed by atoms with Crippen molar-refractivity contribution in [2.75, 3.05) is 0 Å². The van der Waals surface area contributed by atoms with Crippen molar-refractivity contribution < 1.29 is 18.9 Å². The number of fused-ring (bicyclic) bond motifs is 1. The van der Waals surface area contributed by atoms with Gasteiger partial charge in [-0.1, -0.05) is 42.5 Å². The predicted octanol–water partition coefficient (Wildman–Crippen LogP) is 2.80. The fourth-order valence-corrected chi connectivity index (χ4v) is 3.31. The van der Waals surface area contributed by atoms with Crippen LogP contribution in [0.1, 0.15) is 49.2 Å². The van der Waals surface area contributed by atoms with Crippen LogP contribution in [0.15, 0.2) is 48.5 Å². The molecule has 1 saturated heterocycles. The van der Waals surface area contributed by atoms with Crippen molar-refractivity contribution >= 4 is 36.0 Å². The second-order valence-electron chi connectivity index (χ2n) is 8.14. The summed E-state index contributed by atoms with van der Waals surface area (Å²) in [5, 5.41) is 2.39. The summed E-state index contributed by atoms with van der Waals surface area (Å²) in [4.78, 5) is 24.4. The molecule has 1 fully saturated rings. The van der Waals surface area contributed by atoms with Gasteiger partial charge in [-0.25, -0.2) is 0 Å². The van der Waals surface area contributed by atoms with Crippen LogP contribution in [0.25, 0.3) is 11.6 Å². The van der Waals surface area contributed by atoms with E-state index in [2.05, 4.69) is 5.32 Å². The fourth-order valence-electron chi connectivity index (χ4n) is 3.31. The average molecular weight is 375 g/mol. The topological polar surface area (TPSA) is 64.6 Å². The summed E-state index contributed by atoms with van der Waals surface area (Å²) in [5.41, 5.74) is 2.61. The molecule has 0 radical (unpaired) electrons. The normalized spacial score (nSPS) is 21.6. The van der Waals surface area contributed by atoms with Gasteiger partial charge in [-0.15, -0.1) is 0 Å². The van der Waals surface area contributed by atoms with Gasteiger partial charge < -0.3 is 9.31 Å². The van der Waals surface area contributed by atoms with E-state index in [0.29, 0.717) is 16.7 Å². The highest BCUT2D eigenvalue weighted by Gasteiger charge is 2.51. The smallest absolute Gasteiger partial charge is 0.399 e. The van der Waals surface area contributed by atoms with Crippen LogP contribution in [0.4, 0.5) is 0 Å². The molecule has 0 saturated carbocycles. The van der Waals surface area contributed by atoms with Gasteiger partial charge in [0.15, 0.2) is 0 Å². The highest BCUT2D eigenvalue weighted by Crippen LogP contribution is 2.36. The van der Waals surface area contributed by atoms with Crippen molar-refractivity contribution in [3.63, 3.8) is 0 Å². The zero-order valence-electron chi connectivity index (χ0n) is 16.4. The van der Waals surface area contributed by atoms with Gasteiger partial charge in [0.05, 0.1) is 11.2 Å². The lowest BCUT2D eigenvalue weighted by Crippen LogP contribution is -2.41. The number of carbonyl (C=O) groups is 2. The van der Waals surface area contributed by atoms with E-state index < -0.39 is 24.2 Å². The van der Waals surface area contributed by atoms with Crippen molar-refractivity contribution in [1.29, 1.82) is 0 Å². The van der Waals surface area contributed by atoms with Crippen LogP contribution < -0.4 is 10.8 Å². The Kier molecular flexibility index (Phi) is 4.29. The zero-order valence-corrected chi connectivity index (χ0v) is 16.4. The van der Waals surface area contributed by atoms with E-state index in [1.54, 1.807) is 24.3 Å². The first-order valence-electron chi connectivity index (χ1n) is 9.30. The molecule has 2 aliphatic rings. The molecule has 2 aromatic rings. The van der Waals surface area contributed by atoms with Gasteiger partial charge >= 0.3 is 7.12 Å². The zero-order chi connectivity index (χ0) is 20.1. The maximum atomic E-state index is 12.4. The Balaban J connectivity index is 1.63. The third-order valence-electron chi connectivity index (χ3n) is 5.71. The molecule has 0 aromatic heterocycles. The lowest BCUT2D eigenvalue weighted by Gasteiger charge is -2.32. The molecule has 2 heterocycles. The monoisotopic (exact) mass is 375 g/mol. The summed E-state index contributed by atoms with van der Waals surface area (Å²) in [6, 6.07) is 14.8. The van der Waals surface area contributed by atoms with Crippen molar-refractivity contribution in [2.45, 2.75) is 38.9 Å². The molecule has 0 atom stereocenters. The molecule has 0 unspecified atom stereocenters. The Morgan fingerprint density at radius 3 is 2.00 bits per heavy atom. The SMILES string of the molecule is CC1(C)OB(c2ccc(C=C3C(=O)NC(=O)c4ccccc43)cc2)OC1(C)C. The van der Waals surface area contributed by atoms with Gasteiger partial charge in [0.25, 0.3) is 11.8 Å². The minimum atomic E-state index is -0.428. The molecular formula is C22H22BNO4. The van der Waals surface area contributed by atoms with E-state index in [4.69, 9.17) is 9.31 Å². The number of amides is 2. The lowest BCUT2D eigenvalue weighted by molar-refractivity contribution is -0.114. The largest absolute Gasteiger partial charge is 0.494 e. The quantitative estimate of drug-likeness (QED) is 0.498. The molecule has 2 aliphatic heterocycles. The Labute approximate surface area is 164 Å². The van der Waals surface area contributed by atoms with Crippen LogP contribution in [-0.4, -0.2) is 30.1 Å². The molecule has 2 aromatic carbocycles. The van der Waals surface area contributed by atoms with E-state index in [9.17, 15) is 9.59 Å². The molecule has 28 heavy (non-hydrogen) atoms. The van der Waals surface area contributed by atoms with Crippen molar-refractivity contribution in [2.24, 2.45) is 0 Å². The second kappa shape index (κ2) is 6.43. The first kappa shape index (κ1) is 18.7. The summed E-state index contributed by atoms with van der Waals surface area (Å²) >= 11 is 0. The molecule has 5 nitrogen and oxygen atoms in total. The number of hydrogen-bond acceptors (Lipinski definition) is 4. The van der Waals surface area contributed by atoms with Crippen molar-refractivity contribution in [3.8, 4) is 0 Å². The van der Waals surface area contributed by atoms with Crippen LogP contribution in [0, 0.1) is 0 Å². The van der Waals surface area contributed by atoms with Crippen molar-refractivity contribution in [1.82, 2.24) is 5.32 Å². The molecule has 142 valence electrons. The van der Waals surface area contributed by atoms with Gasteiger partial charge in [0, 0.05) is 11.1 Å². The van der Waals surface area contributed by atoms with Gasteiger partial charge in [-0.05, 0) is 56.4 Å². The number of hydrogen-bond donors (Lipinski definition) is 1. The second-order valence-corrected chi connectivity index (χ2v) is 8.14. The van der Waals surface area contributed by atoms with E-state index in [1.165, 1.54) is 0 Å². The van der Waals surface area contributed by atoms with Gasteiger partial charge in [-0.2, -0.15) is 0 Å². The number of rotatable bonds is 2. The first-order valence-corrected chi connectivity index (χ1v) is 9.30.